The summed E-state index contributed by atoms with van der Waals surface area (Å²) in [7, 11) is 3.16. The summed E-state index contributed by atoms with van der Waals surface area (Å²) >= 11 is 0. The van der Waals surface area contributed by atoms with E-state index in [0.717, 1.165) is 31.6 Å². The van der Waals surface area contributed by atoms with Gasteiger partial charge in [-0.2, -0.15) is 4.98 Å². The molecule has 0 aliphatic carbocycles. The van der Waals surface area contributed by atoms with Crippen LogP contribution < -0.4 is 15.5 Å². The van der Waals surface area contributed by atoms with E-state index in [1.54, 1.807) is 19.5 Å². The van der Waals surface area contributed by atoms with Gasteiger partial charge >= 0.3 is 5.97 Å². The van der Waals surface area contributed by atoms with Gasteiger partial charge in [-0.1, -0.05) is 0 Å². The molecule has 3 N–H and O–H groups in total. The third-order valence-corrected chi connectivity index (χ3v) is 6.60. The van der Waals surface area contributed by atoms with Gasteiger partial charge in [0.1, 0.15) is 17.5 Å². The van der Waals surface area contributed by atoms with Gasteiger partial charge in [0.25, 0.3) is 0 Å². The summed E-state index contributed by atoms with van der Waals surface area (Å²) in [6.45, 7) is 6.91. The molecule has 194 valence electrons. The predicted octanol–water partition coefficient (Wildman–Crippen LogP) is 2.87. The molecule has 11 heteroatoms. The number of aromatic nitrogens is 3. The third kappa shape index (κ3) is 6.01. The van der Waals surface area contributed by atoms with E-state index in [2.05, 4.69) is 25.5 Å². The third-order valence-electron chi connectivity index (χ3n) is 6.60. The minimum Gasteiger partial charge on any atom is -0.469 e. The zero-order valence-electron chi connectivity index (χ0n) is 21.5. The van der Waals surface area contributed by atoms with Crippen molar-refractivity contribution in [2.75, 3.05) is 55.9 Å². The van der Waals surface area contributed by atoms with Crippen molar-refractivity contribution in [2.45, 2.75) is 45.3 Å². The molecule has 4 heterocycles. The van der Waals surface area contributed by atoms with Crippen LogP contribution in [0.3, 0.4) is 0 Å². The van der Waals surface area contributed by atoms with E-state index in [-0.39, 0.29) is 17.9 Å². The zero-order chi connectivity index (χ0) is 25.7. The number of esters is 1. The second-order valence-electron chi connectivity index (χ2n) is 9.51. The van der Waals surface area contributed by atoms with E-state index >= 15 is 0 Å². The smallest absolute Gasteiger partial charge is 0.310 e. The van der Waals surface area contributed by atoms with E-state index < -0.39 is 0 Å². The lowest BCUT2D eigenvalue weighted by Gasteiger charge is -2.31. The molecule has 1 atom stereocenters. The highest BCUT2D eigenvalue weighted by atomic mass is 16.5. The molecule has 2 aromatic heterocycles. The van der Waals surface area contributed by atoms with E-state index in [1.807, 2.05) is 30.9 Å². The first-order valence-electron chi connectivity index (χ1n) is 12.4. The Bertz CT molecular complexity index is 1070. The van der Waals surface area contributed by atoms with E-state index in [4.69, 9.17) is 19.9 Å². The Balaban J connectivity index is 1.49. The monoisotopic (exact) mass is 496 g/mol. The molecule has 4 rings (SSSR count). The predicted molar refractivity (Wildman–Crippen MR) is 139 cm³/mol. The molecule has 2 fully saturated rings. The van der Waals surface area contributed by atoms with Crippen LogP contribution in [-0.2, 0) is 14.3 Å². The van der Waals surface area contributed by atoms with Crippen molar-refractivity contribution < 1.29 is 14.3 Å². The fourth-order valence-corrected chi connectivity index (χ4v) is 4.63. The lowest BCUT2D eigenvalue weighted by atomic mass is 10.1. The molecule has 0 radical (unpaired) electrons. The first kappa shape index (κ1) is 25.6. The van der Waals surface area contributed by atoms with Crippen LogP contribution >= 0.6 is 0 Å². The number of rotatable bonds is 8. The number of hydrogen-bond acceptors (Lipinski definition) is 10. The molecule has 0 bridgehead atoms. The molecule has 2 aromatic rings. The summed E-state index contributed by atoms with van der Waals surface area (Å²) in [6, 6.07) is 3.87. The van der Waals surface area contributed by atoms with Crippen LogP contribution in [0.1, 0.15) is 38.7 Å². The summed E-state index contributed by atoms with van der Waals surface area (Å²) in [5.74, 6) is 1.86. The summed E-state index contributed by atoms with van der Waals surface area (Å²) in [6.07, 6.45) is 6.31. The maximum absolute atomic E-state index is 11.9. The van der Waals surface area contributed by atoms with Gasteiger partial charge in [-0.25, -0.2) is 9.97 Å². The van der Waals surface area contributed by atoms with Crippen molar-refractivity contribution in [3.8, 4) is 0 Å². The van der Waals surface area contributed by atoms with Gasteiger partial charge in [-0.15, -0.1) is 0 Å². The van der Waals surface area contributed by atoms with Gasteiger partial charge in [0.2, 0.25) is 5.95 Å². The number of nitrogens with zero attached hydrogens (tertiary/aromatic N) is 5. The standard InChI is InChI=1S/C25H36N8O3/c1-16(2)29-20-13-22(28-14-19(20)23(26)33-10-6-17(15-33)24(34)36-4)30-21-5-9-27-25(31-21)32-11-7-18(35-3)8-12-32/h5,9,13-14,16-18,26H,6-8,10-12,15H2,1-4H3,(H2,27,28,29,30,31). The van der Waals surface area contributed by atoms with Crippen LogP contribution in [0.4, 0.5) is 23.3 Å². The first-order valence-corrected chi connectivity index (χ1v) is 12.4. The number of likely N-dealkylation sites (tertiary alicyclic amines) is 1. The largest absolute Gasteiger partial charge is 0.469 e. The Morgan fingerprint density at radius 3 is 2.61 bits per heavy atom. The van der Waals surface area contributed by atoms with Crippen LogP contribution in [-0.4, -0.2) is 84.2 Å². The fraction of sp³-hybridized carbons (Fsp3) is 0.560. The Hall–Kier alpha value is -3.47. The minimum absolute atomic E-state index is 0.161. The number of methoxy groups -OCH3 is 2. The SMILES string of the molecule is COC(=O)C1CCN(C(=N)c2cnc(Nc3ccnc(N4CCC(OC)CC4)n3)cc2NC(C)C)C1. The van der Waals surface area contributed by atoms with Crippen molar-refractivity contribution in [1.82, 2.24) is 19.9 Å². The summed E-state index contributed by atoms with van der Waals surface area (Å²) in [4.78, 5) is 29.7. The van der Waals surface area contributed by atoms with Crippen LogP contribution in [0, 0.1) is 11.3 Å². The lowest BCUT2D eigenvalue weighted by Crippen LogP contribution is -2.37. The van der Waals surface area contributed by atoms with Crippen molar-refractivity contribution in [3.63, 3.8) is 0 Å². The second-order valence-corrected chi connectivity index (χ2v) is 9.51. The Morgan fingerprint density at radius 2 is 1.92 bits per heavy atom. The van der Waals surface area contributed by atoms with E-state index in [1.165, 1.54) is 7.11 Å². The zero-order valence-corrected chi connectivity index (χ0v) is 21.5. The van der Waals surface area contributed by atoms with Gasteiger partial charge in [0.05, 0.1) is 30.4 Å². The molecular weight excluding hydrogens is 460 g/mol. The number of hydrogen-bond donors (Lipinski definition) is 3. The molecule has 2 saturated heterocycles. The Labute approximate surface area is 212 Å². The maximum Gasteiger partial charge on any atom is 0.310 e. The molecule has 2 aliphatic heterocycles. The van der Waals surface area contributed by atoms with Crippen LogP contribution in [0.2, 0.25) is 0 Å². The van der Waals surface area contributed by atoms with Gasteiger partial charge in [-0.3, -0.25) is 10.2 Å². The van der Waals surface area contributed by atoms with Crippen LogP contribution in [0.15, 0.2) is 24.5 Å². The number of nitrogens with one attached hydrogen (secondary N) is 3. The highest BCUT2D eigenvalue weighted by Gasteiger charge is 2.31. The average Bonchev–Trinajstić information content (AvgIpc) is 3.38. The molecule has 36 heavy (non-hydrogen) atoms. The van der Waals surface area contributed by atoms with Gasteiger partial charge < -0.3 is 29.9 Å². The Morgan fingerprint density at radius 1 is 1.14 bits per heavy atom. The van der Waals surface area contributed by atoms with Crippen molar-refractivity contribution in [1.29, 1.82) is 5.41 Å². The van der Waals surface area contributed by atoms with Crippen molar-refractivity contribution >= 4 is 35.1 Å². The summed E-state index contributed by atoms with van der Waals surface area (Å²) in [5, 5.41) is 15.5. The number of amidine groups is 1. The Kier molecular flexibility index (Phi) is 8.19. The lowest BCUT2D eigenvalue weighted by molar-refractivity contribution is -0.144. The number of anilines is 4. The number of carbonyl (C=O) groups excluding carboxylic acids is 1. The minimum atomic E-state index is -0.226. The molecule has 2 aliphatic rings. The van der Waals surface area contributed by atoms with E-state index in [9.17, 15) is 4.79 Å². The molecule has 11 nitrogen and oxygen atoms in total. The topological polar surface area (TPSA) is 129 Å². The first-order chi connectivity index (χ1) is 17.4. The molecule has 0 spiro atoms. The summed E-state index contributed by atoms with van der Waals surface area (Å²) < 4.78 is 10.3. The number of pyridine rings is 1. The fourth-order valence-electron chi connectivity index (χ4n) is 4.63. The normalized spacial score (nSPS) is 18.4. The molecular formula is C25H36N8O3. The molecule has 0 aromatic carbocycles. The number of carbonyl (C=O) groups is 1. The number of ether oxygens (including phenoxy) is 2. The highest BCUT2D eigenvalue weighted by molar-refractivity contribution is 6.02. The quantitative estimate of drug-likeness (QED) is 0.285. The van der Waals surface area contributed by atoms with Gasteiger partial charge in [-0.05, 0) is 39.2 Å². The molecule has 0 saturated carbocycles. The molecule has 0 amide bonds. The van der Waals surface area contributed by atoms with Crippen molar-refractivity contribution in [3.05, 3.63) is 30.1 Å². The highest BCUT2D eigenvalue weighted by Crippen LogP contribution is 2.27. The van der Waals surface area contributed by atoms with E-state index in [0.29, 0.717) is 54.6 Å². The summed E-state index contributed by atoms with van der Waals surface area (Å²) in [5.41, 5.74) is 1.48. The number of piperidine rings is 1. The maximum atomic E-state index is 11.9. The molecule has 1 unspecified atom stereocenters. The van der Waals surface area contributed by atoms with Crippen LogP contribution in [0.5, 0.6) is 0 Å². The van der Waals surface area contributed by atoms with Crippen molar-refractivity contribution in [2.24, 2.45) is 5.92 Å². The van der Waals surface area contributed by atoms with Crippen LogP contribution in [0.25, 0.3) is 0 Å². The second kappa shape index (κ2) is 11.5. The average molecular weight is 497 g/mol. The van der Waals surface area contributed by atoms with Gasteiger partial charge in [0.15, 0.2) is 0 Å². The van der Waals surface area contributed by atoms with Gasteiger partial charge in [0, 0.05) is 57.8 Å².